The van der Waals surface area contributed by atoms with Crippen molar-refractivity contribution in [3.63, 3.8) is 0 Å². The van der Waals surface area contributed by atoms with Crippen molar-refractivity contribution in [2.24, 2.45) is 5.92 Å². The molecule has 0 fully saturated rings. The second-order valence-corrected chi connectivity index (χ2v) is 20.2. The fraction of sp³-hybridized carbons (Fsp3) is 0.395. The van der Waals surface area contributed by atoms with Gasteiger partial charge in [-0.15, -0.1) is 5.56 Å². The van der Waals surface area contributed by atoms with Gasteiger partial charge in [-0.3, -0.25) is 6.08 Å². The molecule has 0 saturated heterocycles. The Balaban J connectivity index is 0.000000193. The predicted octanol–water partition coefficient (Wildman–Crippen LogP) is 10.4. The molecular weight excluding hydrogens is 595 g/mol. The monoisotopic (exact) mass is 640 g/mol. The molecule has 0 nitrogen and oxygen atoms in total. The summed E-state index contributed by atoms with van der Waals surface area (Å²) >= 11 is 1.34. The standard InChI is InChI=1S/C21H25.C10H17Si.C7H5F.Zr/c1-20(2,3)16-9-7-14-11-15-8-10-17(21(4,5)6)13-19(15)18(14)12-16;1-8-6-9(2)10(7-8)11(3,4)5;1-6-2-4-7(8)5-3-6;/h7,9-10,12-13H,11H2,1-6H3;7-8H,1-5H3;1-5H;/q2*-1;;+2. The Morgan fingerprint density at radius 3 is 1.93 bits per heavy atom. The number of hydrogen-bond acceptors (Lipinski definition) is 0. The minimum atomic E-state index is -1.07. The van der Waals surface area contributed by atoms with Crippen LogP contribution in [-0.2, 0) is 41.5 Å². The number of hydrogen-bond donors (Lipinski definition) is 0. The van der Waals surface area contributed by atoms with Gasteiger partial charge in [0.05, 0.1) is 0 Å². The molecule has 3 aromatic rings. The van der Waals surface area contributed by atoms with Gasteiger partial charge in [-0.1, -0.05) is 116 Å². The Morgan fingerprint density at radius 1 is 0.878 bits per heavy atom. The van der Waals surface area contributed by atoms with Crippen LogP contribution in [0, 0.1) is 23.9 Å². The SMILES string of the molecule is CC(C)(C)c1c[c-]c2c(c1)-c1cc(C(C)(C)C)ccc1C2.CC1=[C-]C(C)C=C1[Si](C)(C)C.Fc1ccc([CH]=[Zr+2])cc1. The van der Waals surface area contributed by atoms with Crippen LogP contribution in [0.1, 0.15) is 83.2 Å². The molecule has 0 amide bonds. The van der Waals surface area contributed by atoms with Crippen LogP contribution in [0.15, 0.2) is 71.4 Å². The molecule has 214 valence electrons. The Bertz CT molecular complexity index is 1380. The minimum absolute atomic E-state index is 0.170. The molecule has 3 heteroatoms. The summed E-state index contributed by atoms with van der Waals surface area (Å²) in [5.74, 6) is 0.383. The first kappa shape index (κ1) is 33.5. The average molecular weight is 642 g/mol. The van der Waals surface area contributed by atoms with E-state index in [-0.39, 0.29) is 16.6 Å². The Kier molecular flexibility index (Phi) is 10.7. The fourth-order valence-corrected chi connectivity index (χ4v) is 7.61. The number of rotatable bonds is 2. The van der Waals surface area contributed by atoms with Crippen LogP contribution in [0.5, 0.6) is 0 Å². The zero-order valence-corrected chi connectivity index (χ0v) is 30.5. The van der Waals surface area contributed by atoms with Gasteiger partial charge in [0, 0.05) is 0 Å². The van der Waals surface area contributed by atoms with Gasteiger partial charge in [0.1, 0.15) is 0 Å². The van der Waals surface area contributed by atoms with Crippen LogP contribution >= 0.6 is 0 Å². The topological polar surface area (TPSA) is 0 Å². The van der Waals surface area contributed by atoms with E-state index in [1.807, 2.05) is 3.71 Å². The number of allylic oxidation sites excluding steroid dienone is 4. The molecule has 2 aliphatic carbocycles. The molecule has 0 aliphatic heterocycles. The van der Waals surface area contributed by atoms with E-state index in [0.717, 1.165) is 12.0 Å². The summed E-state index contributed by atoms with van der Waals surface area (Å²) in [6, 6.07) is 21.5. The molecule has 0 N–H and O–H groups in total. The molecule has 0 saturated carbocycles. The second-order valence-electron chi connectivity index (χ2n) is 14.4. The number of benzene rings is 3. The van der Waals surface area contributed by atoms with Gasteiger partial charge in [0.25, 0.3) is 0 Å². The van der Waals surface area contributed by atoms with Gasteiger partial charge < -0.3 is 0 Å². The molecule has 1 atom stereocenters. The summed E-state index contributed by atoms with van der Waals surface area (Å²) in [5.41, 5.74) is 11.3. The van der Waals surface area contributed by atoms with E-state index in [1.165, 1.54) is 75.3 Å². The van der Waals surface area contributed by atoms with Crippen LogP contribution in [0.3, 0.4) is 0 Å². The maximum atomic E-state index is 12.2. The molecule has 0 spiro atoms. The van der Waals surface area contributed by atoms with Crippen molar-refractivity contribution in [2.45, 2.75) is 92.3 Å². The second kappa shape index (κ2) is 13.1. The van der Waals surface area contributed by atoms with Gasteiger partial charge in [-0.2, -0.15) is 35.4 Å². The molecule has 0 radical (unpaired) electrons. The van der Waals surface area contributed by atoms with Crippen molar-refractivity contribution < 1.29 is 28.6 Å². The van der Waals surface area contributed by atoms with E-state index < -0.39 is 8.07 Å². The summed E-state index contributed by atoms with van der Waals surface area (Å²) in [5, 5.41) is 1.60. The molecule has 2 aliphatic rings. The third-order valence-corrected chi connectivity index (χ3v) is 10.6. The first-order valence-electron chi connectivity index (χ1n) is 14.7. The summed E-state index contributed by atoms with van der Waals surface area (Å²) in [6.45, 7) is 25.2. The van der Waals surface area contributed by atoms with Gasteiger partial charge >= 0.3 is 68.0 Å². The molecule has 0 bridgehead atoms. The molecule has 0 heterocycles. The molecule has 41 heavy (non-hydrogen) atoms. The van der Waals surface area contributed by atoms with Gasteiger partial charge in [0.2, 0.25) is 0 Å². The summed E-state index contributed by atoms with van der Waals surface area (Å²) in [4.78, 5) is 0. The summed E-state index contributed by atoms with van der Waals surface area (Å²) in [7, 11) is -1.07. The first-order valence-corrected chi connectivity index (χ1v) is 19.6. The number of fused-ring (bicyclic) bond motifs is 3. The van der Waals surface area contributed by atoms with Gasteiger partial charge in [-0.05, 0) is 25.5 Å². The van der Waals surface area contributed by atoms with Crippen molar-refractivity contribution in [1.82, 2.24) is 0 Å². The van der Waals surface area contributed by atoms with Crippen molar-refractivity contribution in [3.05, 3.63) is 117 Å². The van der Waals surface area contributed by atoms with E-state index in [9.17, 15) is 4.39 Å². The van der Waals surface area contributed by atoms with Crippen LogP contribution in [-0.4, -0.2) is 11.8 Å². The van der Waals surface area contributed by atoms with E-state index in [2.05, 4.69) is 124 Å². The molecule has 3 aromatic carbocycles. The van der Waals surface area contributed by atoms with Crippen molar-refractivity contribution in [3.8, 4) is 11.1 Å². The third-order valence-electron chi connectivity index (χ3n) is 7.64. The van der Waals surface area contributed by atoms with Gasteiger partial charge in [0.15, 0.2) is 0 Å². The molecule has 1 unspecified atom stereocenters. The predicted molar refractivity (Wildman–Crippen MR) is 176 cm³/mol. The van der Waals surface area contributed by atoms with Crippen LogP contribution in [0.2, 0.25) is 19.6 Å². The molecular formula is C38H47FSiZr. The van der Waals surface area contributed by atoms with E-state index in [4.69, 9.17) is 0 Å². The zero-order chi connectivity index (χ0) is 30.8. The quantitative estimate of drug-likeness (QED) is 0.151. The van der Waals surface area contributed by atoms with Crippen molar-refractivity contribution in [2.75, 3.05) is 0 Å². The Hall–Kier alpha value is -1.96. The molecule has 0 aromatic heterocycles. The third kappa shape index (κ3) is 9.01. The Morgan fingerprint density at radius 2 is 1.46 bits per heavy atom. The average Bonchev–Trinajstić information content (AvgIpc) is 3.42. The zero-order valence-electron chi connectivity index (χ0n) is 27.0. The van der Waals surface area contributed by atoms with E-state index in [0.29, 0.717) is 5.92 Å². The first-order chi connectivity index (χ1) is 18.9. The van der Waals surface area contributed by atoms with Crippen molar-refractivity contribution >= 4 is 11.8 Å². The van der Waals surface area contributed by atoms with E-state index >= 15 is 0 Å². The van der Waals surface area contributed by atoms with Gasteiger partial charge in [-0.25, -0.2) is 10.8 Å². The fourth-order valence-electron chi connectivity index (χ4n) is 5.19. The summed E-state index contributed by atoms with van der Waals surface area (Å²) < 4.78 is 14.2. The van der Waals surface area contributed by atoms with Crippen LogP contribution in [0.25, 0.3) is 11.1 Å². The number of halogens is 1. The Labute approximate surface area is 265 Å². The van der Waals surface area contributed by atoms with Crippen molar-refractivity contribution in [1.29, 1.82) is 0 Å². The maximum absolute atomic E-state index is 12.2. The normalized spacial score (nSPS) is 15.9. The van der Waals surface area contributed by atoms with E-state index in [1.54, 1.807) is 17.3 Å². The van der Waals surface area contributed by atoms with Crippen LogP contribution < -0.4 is 0 Å². The summed E-state index contributed by atoms with van der Waals surface area (Å²) in [6.07, 6.45) is 6.84. The van der Waals surface area contributed by atoms with Crippen LogP contribution in [0.4, 0.5) is 4.39 Å². The molecule has 5 rings (SSSR count).